The minimum atomic E-state index is -0.226. The lowest BCUT2D eigenvalue weighted by Gasteiger charge is -2.15. The van der Waals surface area contributed by atoms with Crippen LogP contribution in [0.15, 0.2) is 24.3 Å². The van der Waals surface area contributed by atoms with Gasteiger partial charge in [0.25, 0.3) is 5.91 Å². The van der Waals surface area contributed by atoms with Gasteiger partial charge in [-0.05, 0) is 30.5 Å². The number of hydrogen-bond acceptors (Lipinski definition) is 2. The summed E-state index contributed by atoms with van der Waals surface area (Å²) in [7, 11) is 1.57. The number of hydrogen-bond donors (Lipinski definition) is 2. The third-order valence-electron chi connectivity index (χ3n) is 3.25. The van der Waals surface area contributed by atoms with E-state index in [1.54, 1.807) is 7.05 Å². The van der Waals surface area contributed by atoms with Crippen LogP contribution in [-0.2, 0) is 6.54 Å². The zero-order valence-corrected chi connectivity index (χ0v) is 11.1. The van der Waals surface area contributed by atoms with Gasteiger partial charge in [0.05, 0.1) is 0 Å². The minimum Gasteiger partial charge on any atom is -0.341 e. The van der Waals surface area contributed by atoms with E-state index in [0.717, 1.165) is 31.5 Å². The van der Waals surface area contributed by atoms with E-state index >= 15 is 0 Å². The van der Waals surface area contributed by atoms with Crippen molar-refractivity contribution in [2.45, 2.75) is 19.4 Å². The van der Waals surface area contributed by atoms with E-state index in [-0.39, 0.29) is 11.9 Å². The second kappa shape index (κ2) is 6.22. The fourth-order valence-electron chi connectivity index (χ4n) is 2.19. The van der Waals surface area contributed by atoms with Gasteiger partial charge in [0.15, 0.2) is 0 Å². The molecule has 1 aromatic rings. The van der Waals surface area contributed by atoms with Crippen molar-refractivity contribution >= 4 is 11.9 Å². The molecule has 102 valence electrons. The number of nitrogens with one attached hydrogen (secondary N) is 2. The zero-order valence-electron chi connectivity index (χ0n) is 11.1. The summed E-state index contributed by atoms with van der Waals surface area (Å²) in [5, 5.41) is 5.20. The molecule has 1 fully saturated rings. The smallest absolute Gasteiger partial charge is 0.314 e. The molecular formula is C14H19N3O2. The predicted octanol–water partition coefficient (Wildman–Crippen LogP) is 1.35. The van der Waals surface area contributed by atoms with Gasteiger partial charge in [0, 0.05) is 32.2 Å². The molecule has 5 nitrogen and oxygen atoms in total. The van der Waals surface area contributed by atoms with Gasteiger partial charge in [-0.25, -0.2) is 4.79 Å². The topological polar surface area (TPSA) is 61.4 Å². The highest BCUT2D eigenvalue weighted by Gasteiger charge is 2.19. The Hall–Kier alpha value is -2.04. The Balaban J connectivity index is 2.01. The molecule has 3 amide bonds. The van der Waals surface area contributed by atoms with E-state index in [4.69, 9.17) is 0 Å². The number of rotatable bonds is 3. The van der Waals surface area contributed by atoms with Crippen molar-refractivity contribution in [2.24, 2.45) is 0 Å². The van der Waals surface area contributed by atoms with Gasteiger partial charge in [0.2, 0.25) is 0 Å². The lowest BCUT2D eigenvalue weighted by molar-refractivity contribution is 0.0792. The molecule has 1 heterocycles. The van der Waals surface area contributed by atoms with Gasteiger partial charge in [-0.15, -0.1) is 0 Å². The molecule has 0 bridgehead atoms. The number of likely N-dealkylation sites (tertiary alicyclic amines) is 1. The standard InChI is InChI=1S/C14H19N3O2/c1-15-14(19)16-10-11-5-4-6-12(9-11)13(18)17-7-2-3-8-17/h4-6,9H,2-3,7-8,10H2,1H3,(H2,15,16,19). The molecule has 1 aromatic carbocycles. The molecule has 0 unspecified atom stereocenters. The van der Waals surface area contributed by atoms with Gasteiger partial charge in [-0.1, -0.05) is 12.1 Å². The van der Waals surface area contributed by atoms with Crippen molar-refractivity contribution in [2.75, 3.05) is 20.1 Å². The Morgan fingerprint density at radius 3 is 2.68 bits per heavy atom. The van der Waals surface area contributed by atoms with Crippen molar-refractivity contribution in [1.29, 1.82) is 0 Å². The van der Waals surface area contributed by atoms with Crippen molar-refractivity contribution in [1.82, 2.24) is 15.5 Å². The lowest BCUT2D eigenvalue weighted by Crippen LogP contribution is -2.32. The first-order chi connectivity index (χ1) is 9.20. The Labute approximate surface area is 113 Å². The number of benzene rings is 1. The number of urea groups is 1. The average Bonchev–Trinajstić information content (AvgIpc) is 2.98. The van der Waals surface area contributed by atoms with E-state index in [9.17, 15) is 9.59 Å². The van der Waals surface area contributed by atoms with Gasteiger partial charge in [-0.2, -0.15) is 0 Å². The molecule has 1 saturated heterocycles. The Bertz CT molecular complexity index is 468. The SMILES string of the molecule is CNC(=O)NCc1cccc(C(=O)N2CCCC2)c1. The molecule has 2 N–H and O–H groups in total. The highest BCUT2D eigenvalue weighted by Crippen LogP contribution is 2.14. The van der Waals surface area contributed by atoms with Crippen molar-refractivity contribution in [3.8, 4) is 0 Å². The highest BCUT2D eigenvalue weighted by molar-refractivity contribution is 5.94. The maximum Gasteiger partial charge on any atom is 0.314 e. The van der Waals surface area contributed by atoms with Crippen LogP contribution < -0.4 is 10.6 Å². The maximum absolute atomic E-state index is 12.2. The molecule has 5 heteroatoms. The van der Waals surface area contributed by atoms with Crippen LogP contribution in [0, 0.1) is 0 Å². The molecule has 0 radical (unpaired) electrons. The summed E-state index contributed by atoms with van der Waals surface area (Å²) in [5.74, 6) is 0.0827. The number of carbonyl (C=O) groups is 2. The quantitative estimate of drug-likeness (QED) is 0.863. The fourth-order valence-corrected chi connectivity index (χ4v) is 2.19. The van der Waals surface area contributed by atoms with Crippen LogP contribution in [0.4, 0.5) is 4.79 Å². The lowest BCUT2D eigenvalue weighted by atomic mass is 10.1. The number of nitrogens with zero attached hydrogens (tertiary/aromatic N) is 1. The summed E-state index contributed by atoms with van der Waals surface area (Å²) in [6.45, 7) is 2.11. The van der Waals surface area contributed by atoms with E-state index in [0.29, 0.717) is 12.1 Å². The van der Waals surface area contributed by atoms with E-state index in [1.807, 2.05) is 29.2 Å². The number of amides is 3. The Morgan fingerprint density at radius 2 is 2.00 bits per heavy atom. The van der Waals surface area contributed by atoms with Crippen LogP contribution in [0.1, 0.15) is 28.8 Å². The van der Waals surface area contributed by atoms with Crippen molar-refractivity contribution in [3.05, 3.63) is 35.4 Å². The fraction of sp³-hybridized carbons (Fsp3) is 0.429. The van der Waals surface area contributed by atoms with Crippen LogP contribution in [0.5, 0.6) is 0 Å². The molecule has 0 saturated carbocycles. The summed E-state index contributed by atoms with van der Waals surface area (Å²) in [6, 6.07) is 7.19. The first kappa shape index (κ1) is 13.4. The van der Waals surface area contributed by atoms with E-state index in [2.05, 4.69) is 10.6 Å². The summed E-state index contributed by atoms with van der Waals surface area (Å²) in [5.41, 5.74) is 1.62. The van der Waals surface area contributed by atoms with Gasteiger partial charge in [-0.3, -0.25) is 4.79 Å². The van der Waals surface area contributed by atoms with E-state index in [1.165, 1.54) is 0 Å². The van der Waals surface area contributed by atoms with Crippen LogP contribution in [0.3, 0.4) is 0 Å². The first-order valence-corrected chi connectivity index (χ1v) is 6.54. The molecule has 0 aromatic heterocycles. The monoisotopic (exact) mass is 261 g/mol. The first-order valence-electron chi connectivity index (χ1n) is 6.54. The van der Waals surface area contributed by atoms with Crippen molar-refractivity contribution < 1.29 is 9.59 Å². The molecule has 0 spiro atoms. The predicted molar refractivity (Wildman–Crippen MR) is 72.9 cm³/mol. The summed E-state index contributed by atoms with van der Waals surface area (Å²) in [4.78, 5) is 25.2. The number of carbonyl (C=O) groups excluding carboxylic acids is 2. The minimum absolute atomic E-state index is 0.0827. The molecule has 19 heavy (non-hydrogen) atoms. The molecule has 1 aliphatic heterocycles. The molecular weight excluding hydrogens is 242 g/mol. The van der Waals surface area contributed by atoms with Crippen LogP contribution in [0.25, 0.3) is 0 Å². The maximum atomic E-state index is 12.2. The zero-order chi connectivity index (χ0) is 13.7. The molecule has 0 aliphatic carbocycles. The van der Waals surface area contributed by atoms with E-state index < -0.39 is 0 Å². The largest absolute Gasteiger partial charge is 0.341 e. The van der Waals surface area contributed by atoms with Crippen LogP contribution in [0.2, 0.25) is 0 Å². The molecule has 2 rings (SSSR count). The van der Waals surface area contributed by atoms with Gasteiger partial charge in [0.1, 0.15) is 0 Å². The molecule has 0 atom stereocenters. The average molecular weight is 261 g/mol. The van der Waals surface area contributed by atoms with Crippen LogP contribution >= 0.6 is 0 Å². The summed E-state index contributed by atoms with van der Waals surface area (Å²) < 4.78 is 0. The third-order valence-corrected chi connectivity index (χ3v) is 3.25. The van der Waals surface area contributed by atoms with Crippen LogP contribution in [-0.4, -0.2) is 37.0 Å². The second-order valence-corrected chi connectivity index (χ2v) is 4.63. The highest BCUT2D eigenvalue weighted by atomic mass is 16.2. The Kier molecular flexibility index (Phi) is 4.39. The normalized spacial score (nSPS) is 14.3. The summed E-state index contributed by atoms with van der Waals surface area (Å²) >= 11 is 0. The Morgan fingerprint density at radius 1 is 1.26 bits per heavy atom. The second-order valence-electron chi connectivity index (χ2n) is 4.63. The molecule has 1 aliphatic rings. The van der Waals surface area contributed by atoms with Crippen molar-refractivity contribution in [3.63, 3.8) is 0 Å². The van der Waals surface area contributed by atoms with Gasteiger partial charge < -0.3 is 15.5 Å². The summed E-state index contributed by atoms with van der Waals surface area (Å²) in [6.07, 6.45) is 2.17. The van der Waals surface area contributed by atoms with Gasteiger partial charge >= 0.3 is 6.03 Å². The third kappa shape index (κ3) is 3.47.